The Morgan fingerprint density at radius 1 is 1.35 bits per heavy atom. The standard InChI is InChI=1S/C15H22ClN5O2/c1-3-12-11(15(16)19(2)17-12)8-20-4-5-21-10(7-20)6-13(18-21)14(23)9-22/h6,14,22-23H,3-5,7-9H2,1-2H3/t14-/m1/s1. The highest BCUT2D eigenvalue weighted by atomic mass is 35.5. The van der Waals surface area contributed by atoms with Gasteiger partial charge in [0.05, 0.1) is 30.2 Å². The van der Waals surface area contributed by atoms with E-state index in [0.717, 1.165) is 49.6 Å². The molecule has 0 aliphatic carbocycles. The number of hydrogen-bond acceptors (Lipinski definition) is 5. The predicted octanol–water partition coefficient (Wildman–Crippen LogP) is 0.874. The number of hydrogen-bond donors (Lipinski definition) is 2. The van der Waals surface area contributed by atoms with Crippen LogP contribution in [0.2, 0.25) is 5.15 Å². The lowest BCUT2D eigenvalue weighted by atomic mass is 10.1. The third kappa shape index (κ3) is 3.14. The second-order valence-electron chi connectivity index (χ2n) is 5.89. The third-order valence-electron chi connectivity index (χ3n) is 4.28. The summed E-state index contributed by atoms with van der Waals surface area (Å²) in [5.41, 5.74) is 3.68. The summed E-state index contributed by atoms with van der Waals surface area (Å²) in [6, 6.07) is 1.86. The molecule has 0 fully saturated rings. The van der Waals surface area contributed by atoms with E-state index in [1.165, 1.54) is 0 Å². The number of halogens is 1. The molecule has 23 heavy (non-hydrogen) atoms. The van der Waals surface area contributed by atoms with E-state index in [1.54, 1.807) is 4.68 Å². The van der Waals surface area contributed by atoms with Gasteiger partial charge in [0.15, 0.2) is 0 Å². The molecule has 8 heteroatoms. The van der Waals surface area contributed by atoms with Gasteiger partial charge in [-0.1, -0.05) is 18.5 Å². The first kappa shape index (κ1) is 16.4. The molecular weight excluding hydrogens is 318 g/mol. The van der Waals surface area contributed by atoms with Crippen LogP contribution in [0.4, 0.5) is 0 Å². The quantitative estimate of drug-likeness (QED) is 0.845. The maximum atomic E-state index is 9.72. The Balaban J connectivity index is 1.76. The molecular formula is C15H22ClN5O2. The summed E-state index contributed by atoms with van der Waals surface area (Å²) < 4.78 is 3.62. The topological polar surface area (TPSA) is 79.3 Å². The lowest BCUT2D eigenvalue weighted by molar-refractivity contribution is 0.0915. The minimum atomic E-state index is -0.916. The van der Waals surface area contributed by atoms with Crippen molar-refractivity contribution in [3.63, 3.8) is 0 Å². The normalized spacial score (nSPS) is 16.6. The second kappa shape index (κ2) is 6.60. The highest BCUT2D eigenvalue weighted by Gasteiger charge is 2.23. The Morgan fingerprint density at radius 2 is 2.13 bits per heavy atom. The van der Waals surface area contributed by atoms with Crippen molar-refractivity contribution < 1.29 is 10.2 Å². The maximum Gasteiger partial charge on any atom is 0.131 e. The van der Waals surface area contributed by atoms with Crippen molar-refractivity contribution in [2.45, 2.75) is 39.1 Å². The van der Waals surface area contributed by atoms with Crippen molar-refractivity contribution >= 4 is 11.6 Å². The van der Waals surface area contributed by atoms with Gasteiger partial charge in [0.1, 0.15) is 11.3 Å². The molecule has 0 unspecified atom stereocenters. The molecule has 0 spiro atoms. The van der Waals surface area contributed by atoms with E-state index >= 15 is 0 Å². The van der Waals surface area contributed by atoms with Crippen LogP contribution in [0, 0.1) is 0 Å². The molecule has 1 aliphatic heterocycles. The molecule has 0 bridgehead atoms. The summed E-state index contributed by atoms with van der Waals surface area (Å²) in [6.45, 7) is 4.87. The number of aryl methyl sites for hydroxylation is 2. The number of fused-ring (bicyclic) bond motifs is 1. The van der Waals surface area contributed by atoms with E-state index in [9.17, 15) is 5.11 Å². The fourth-order valence-corrected chi connectivity index (χ4v) is 3.20. The van der Waals surface area contributed by atoms with Crippen molar-refractivity contribution in [3.8, 4) is 0 Å². The van der Waals surface area contributed by atoms with Gasteiger partial charge in [-0.05, 0) is 12.5 Å². The molecule has 0 radical (unpaired) electrons. The van der Waals surface area contributed by atoms with Crippen LogP contribution in [0.5, 0.6) is 0 Å². The minimum Gasteiger partial charge on any atom is -0.393 e. The fraction of sp³-hybridized carbons (Fsp3) is 0.600. The van der Waals surface area contributed by atoms with Crippen molar-refractivity contribution in [2.24, 2.45) is 7.05 Å². The van der Waals surface area contributed by atoms with Crippen molar-refractivity contribution in [1.82, 2.24) is 24.5 Å². The average Bonchev–Trinajstić information content (AvgIpc) is 3.09. The van der Waals surface area contributed by atoms with E-state index in [2.05, 4.69) is 22.0 Å². The van der Waals surface area contributed by atoms with Gasteiger partial charge >= 0.3 is 0 Å². The summed E-state index contributed by atoms with van der Waals surface area (Å²) >= 11 is 6.37. The summed E-state index contributed by atoms with van der Waals surface area (Å²) in [6.07, 6.45) is -0.0601. The highest BCUT2D eigenvalue weighted by molar-refractivity contribution is 6.30. The van der Waals surface area contributed by atoms with Crippen LogP contribution in [0.1, 0.15) is 35.7 Å². The summed E-state index contributed by atoms with van der Waals surface area (Å²) in [7, 11) is 1.86. The van der Waals surface area contributed by atoms with Gasteiger partial charge in [0, 0.05) is 32.2 Å². The Hall–Kier alpha value is -1.41. The molecule has 3 rings (SSSR count). The summed E-state index contributed by atoms with van der Waals surface area (Å²) in [5.74, 6) is 0. The average molecular weight is 340 g/mol. The van der Waals surface area contributed by atoms with Gasteiger partial charge in [0.2, 0.25) is 0 Å². The van der Waals surface area contributed by atoms with Gasteiger partial charge < -0.3 is 10.2 Å². The molecule has 0 aromatic carbocycles. The Bertz CT molecular complexity index is 696. The number of aromatic nitrogens is 4. The van der Waals surface area contributed by atoms with Gasteiger partial charge in [-0.25, -0.2) is 0 Å². The maximum absolute atomic E-state index is 9.72. The first-order chi connectivity index (χ1) is 11.0. The number of aliphatic hydroxyl groups excluding tert-OH is 2. The van der Waals surface area contributed by atoms with Crippen LogP contribution < -0.4 is 0 Å². The van der Waals surface area contributed by atoms with E-state index in [1.807, 2.05) is 17.8 Å². The molecule has 0 saturated heterocycles. The zero-order valence-corrected chi connectivity index (χ0v) is 14.2. The molecule has 126 valence electrons. The van der Waals surface area contributed by atoms with E-state index < -0.39 is 6.10 Å². The van der Waals surface area contributed by atoms with E-state index in [-0.39, 0.29) is 6.61 Å². The molecule has 0 amide bonds. The first-order valence-corrected chi connectivity index (χ1v) is 8.19. The van der Waals surface area contributed by atoms with Crippen molar-refractivity contribution in [3.05, 3.63) is 33.9 Å². The van der Waals surface area contributed by atoms with Crippen LogP contribution >= 0.6 is 11.6 Å². The van der Waals surface area contributed by atoms with Crippen LogP contribution in [-0.4, -0.2) is 47.8 Å². The molecule has 2 aromatic rings. The zero-order valence-electron chi connectivity index (χ0n) is 13.4. The highest BCUT2D eigenvalue weighted by Crippen LogP contribution is 2.24. The number of rotatable bonds is 5. The largest absolute Gasteiger partial charge is 0.393 e. The van der Waals surface area contributed by atoms with Crippen LogP contribution in [0.25, 0.3) is 0 Å². The molecule has 0 saturated carbocycles. The molecule has 2 aromatic heterocycles. The van der Waals surface area contributed by atoms with Crippen molar-refractivity contribution in [1.29, 1.82) is 0 Å². The SMILES string of the molecule is CCc1nn(C)c(Cl)c1CN1CCn2nc([C@H](O)CO)cc2C1. The van der Waals surface area contributed by atoms with Crippen LogP contribution in [0.15, 0.2) is 6.07 Å². The Morgan fingerprint density at radius 3 is 2.83 bits per heavy atom. The van der Waals surface area contributed by atoms with Gasteiger partial charge in [0.25, 0.3) is 0 Å². The smallest absolute Gasteiger partial charge is 0.131 e. The lowest BCUT2D eigenvalue weighted by Gasteiger charge is -2.27. The Kier molecular flexibility index (Phi) is 4.72. The monoisotopic (exact) mass is 339 g/mol. The molecule has 1 aliphatic rings. The van der Waals surface area contributed by atoms with Gasteiger partial charge in [-0.2, -0.15) is 10.2 Å². The van der Waals surface area contributed by atoms with Gasteiger partial charge in [-0.3, -0.25) is 14.3 Å². The third-order valence-corrected chi connectivity index (χ3v) is 4.75. The summed E-state index contributed by atoms with van der Waals surface area (Å²) in [4.78, 5) is 2.30. The Labute approximate surface area is 140 Å². The fourth-order valence-electron chi connectivity index (χ4n) is 3.00. The molecule has 7 nitrogen and oxygen atoms in total. The second-order valence-corrected chi connectivity index (χ2v) is 6.24. The molecule has 2 N–H and O–H groups in total. The number of nitrogens with zero attached hydrogens (tertiary/aromatic N) is 5. The van der Waals surface area contributed by atoms with Crippen molar-refractivity contribution in [2.75, 3.05) is 13.2 Å². The lowest BCUT2D eigenvalue weighted by Crippen LogP contribution is -2.33. The van der Waals surface area contributed by atoms with E-state index in [0.29, 0.717) is 10.8 Å². The van der Waals surface area contributed by atoms with Crippen LogP contribution in [-0.2, 0) is 33.1 Å². The predicted molar refractivity (Wildman–Crippen MR) is 86.0 cm³/mol. The minimum absolute atomic E-state index is 0.314. The number of aliphatic hydroxyl groups is 2. The summed E-state index contributed by atoms with van der Waals surface area (Å²) in [5, 5.41) is 28.3. The van der Waals surface area contributed by atoms with Crippen LogP contribution in [0.3, 0.4) is 0 Å². The molecule has 3 heterocycles. The molecule has 1 atom stereocenters. The van der Waals surface area contributed by atoms with E-state index in [4.69, 9.17) is 16.7 Å². The van der Waals surface area contributed by atoms with Gasteiger partial charge in [-0.15, -0.1) is 0 Å². The zero-order chi connectivity index (χ0) is 16.6. The first-order valence-electron chi connectivity index (χ1n) is 7.81.